The number of carboxylic acid groups (broad SMARTS) is 1. The second-order valence-corrected chi connectivity index (χ2v) is 6.78. The van der Waals surface area contributed by atoms with Gasteiger partial charge in [-0.05, 0) is 30.0 Å². The molecule has 0 spiro atoms. The van der Waals surface area contributed by atoms with E-state index < -0.39 is 16.0 Å². The first-order valence-electron chi connectivity index (χ1n) is 5.96. The van der Waals surface area contributed by atoms with Crippen LogP contribution < -0.4 is 4.72 Å². The van der Waals surface area contributed by atoms with Gasteiger partial charge in [-0.25, -0.2) is 17.9 Å². The molecule has 112 valence electrons. The Morgan fingerprint density at radius 3 is 2.95 bits per heavy atom. The van der Waals surface area contributed by atoms with E-state index in [2.05, 4.69) is 4.72 Å². The maximum Gasteiger partial charge on any atom is 0.328 e. The molecule has 1 rings (SSSR count). The summed E-state index contributed by atoms with van der Waals surface area (Å²) in [5.41, 5.74) is 0.737. The normalized spacial score (nSPS) is 12.1. The van der Waals surface area contributed by atoms with Crippen LogP contribution >= 0.6 is 11.3 Å². The quantitative estimate of drug-likeness (QED) is 0.529. The molecule has 0 atom stereocenters. The van der Waals surface area contributed by atoms with Crippen LogP contribution in [-0.2, 0) is 26.1 Å². The highest BCUT2D eigenvalue weighted by molar-refractivity contribution is 7.89. The van der Waals surface area contributed by atoms with Gasteiger partial charge in [0.05, 0.1) is 12.4 Å². The molecule has 0 aliphatic heterocycles. The van der Waals surface area contributed by atoms with Crippen molar-refractivity contribution >= 4 is 33.4 Å². The van der Waals surface area contributed by atoms with Gasteiger partial charge in [0.15, 0.2) is 0 Å². The van der Waals surface area contributed by atoms with Crippen molar-refractivity contribution in [2.45, 2.75) is 13.5 Å². The number of nitrogens with one attached hydrogen (secondary N) is 1. The van der Waals surface area contributed by atoms with E-state index in [-0.39, 0.29) is 18.9 Å². The third kappa shape index (κ3) is 6.80. The molecular weight excluding hydrogens is 302 g/mol. The molecule has 6 nitrogen and oxygen atoms in total. The van der Waals surface area contributed by atoms with E-state index in [1.165, 1.54) is 17.4 Å². The molecule has 0 unspecified atom stereocenters. The molecule has 0 aliphatic carbocycles. The largest absolute Gasteiger partial charge is 0.478 e. The fourth-order valence-corrected chi connectivity index (χ4v) is 3.05. The molecule has 0 aromatic carbocycles. The summed E-state index contributed by atoms with van der Waals surface area (Å²) in [6.07, 6.45) is 2.50. The van der Waals surface area contributed by atoms with Crippen LogP contribution in [0.25, 0.3) is 6.08 Å². The number of aliphatic carboxylic acids is 1. The summed E-state index contributed by atoms with van der Waals surface area (Å²) in [5.74, 6) is -1.09. The maximum absolute atomic E-state index is 11.6. The Morgan fingerprint density at radius 2 is 2.30 bits per heavy atom. The van der Waals surface area contributed by atoms with Crippen LogP contribution in [0.2, 0.25) is 0 Å². The molecule has 0 radical (unpaired) electrons. The van der Waals surface area contributed by atoms with Gasteiger partial charge in [0, 0.05) is 24.1 Å². The zero-order chi connectivity index (χ0) is 15.0. The lowest BCUT2D eigenvalue weighted by atomic mass is 10.3. The van der Waals surface area contributed by atoms with Crippen molar-refractivity contribution < 1.29 is 23.1 Å². The minimum absolute atomic E-state index is 0.0714. The molecule has 0 fully saturated rings. The lowest BCUT2D eigenvalue weighted by Gasteiger charge is -2.05. The molecule has 2 N–H and O–H groups in total. The second kappa shape index (κ2) is 8.15. The molecule has 0 bridgehead atoms. The van der Waals surface area contributed by atoms with Crippen LogP contribution in [-0.4, -0.2) is 38.5 Å². The fourth-order valence-electron chi connectivity index (χ4n) is 1.31. The van der Waals surface area contributed by atoms with Gasteiger partial charge >= 0.3 is 5.97 Å². The third-order valence-corrected chi connectivity index (χ3v) is 4.50. The van der Waals surface area contributed by atoms with Gasteiger partial charge in [-0.2, -0.15) is 0 Å². The van der Waals surface area contributed by atoms with E-state index in [9.17, 15) is 13.2 Å². The Hall–Kier alpha value is -1.22. The smallest absolute Gasteiger partial charge is 0.328 e. The van der Waals surface area contributed by atoms with E-state index in [1.807, 2.05) is 0 Å². The average molecular weight is 319 g/mol. The Kier molecular flexibility index (Phi) is 6.86. The van der Waals surface area contributed by atoms with E-state index in [4.69, 9.17) is 9.84 Å². The van der Waals surface area contributed by atoms with Gasteiger partial charge in [-0.15, -0.1) is 11.3 Å². The standard InChI is InChI=1S/C12H17NO5S2/c1-2-18-5-6-20(16,17)13-8-11-7-10(9-19-11)3-4-12(14)15/h3-4,7,9,13H,2,5-6,8H2,1H3,(H,14,15). The summed E-state index contributed by atoms with van der Waals surface area (Å²) < 4.78 is 30.7. The zero-order valence-electron chi connectivity index (χ0n) is 11.0. The molecule has 1 aromatic heterocycles. The first kappa shape index (κ1) is 16.8. The number of sulfonamides is 1. The number of ether oxygens (including phenoxy) is 1. The number of hydrogen-bond acceptors (Lipinski definition) is 5. The van der Waals surface area contributed by atoms with Crippen molar-refractivity contribution in [3.63, 3.8) is 0 Å². The Balaban J connectivity index is 2.47. The van der Waals surface area contributed by atoms with Crippen molar-refractivity contribution in [2.75, 3.05) is 19.0 Å². The van der Waals surface area contributed by atoms with Gasteiger partial charge in [0.25, 0.3) is 0 Å². The van der Waals surface area contributed by atoms with Gasteiger partial charge in [-0.1, -0.05) is 0 Å². The van der Waals surface area contributed by atoms with Gasteiger partial charge < -0.3 is 9.84 Å². The lowest BCUT2D eigenvalue weighted by Crippen LogP contribution is -2.27. The van der Waals surface area contributed by atoms with Crippen LogP contribution in [0.5, 0.6) is 0 Å². The van der Waals surface area contributed by atoms with E-state index in [0.29, 0.717) is 6.61 Å². The second-order valence-electron chi connectivity index (χ2n) is 3.85. The summed E-state index contributed by atoms with van der Waals surface area (Å²) in [6.45, 7) is 2.65. The van der Waals surface area contributed by atoms with Gasteiger partial charge in [0.1, 0.15) is 0 Å². The monoisotopic (exact) mass is 319 g/mol. The summed E-state index contributed by atoms with van der Waals surface area (Å²) >= 11 is 1.37. The summed E-state index contributed by atoms with van der Waals surface area (Å²) in [5, 5.41) is 10.3. The molecule has 1 aromatic rings. The van der Waals surface area contributed by atoms with Crippen molar-refractivity contribution in [2.24, 2.45) is 0 Å². The van der Waals surface area contributed by atoms with Gasteiger partial charge in [0.2, 0.25) is 10.0 Å². The molecule has 20 heavy (non-hydrogen) atoms. The number of carboxylic acids is 1. The molecule has 0 saturated heterocycles. The number of carbonyl (C=O) groups is 1. The molecule has 0 amide bonds. The van der Waals surface area contributed by atoms with Crippen molar-refractivity contribution in [1.82, 2.24) is 4.72 Å². The van der Waals surface area contributed by atoms with Crippen LogP contribution in [0.15, 0.2) is 17.5 Å². The molecule has 0 aliphatic rings. The van der Waals surface area contributed by atoms with Crippen LogP contribution in [0.3, 0.4) is 0 Å². The molecule has 0 saturated carbocycles. The van der Waals surface area contributed by atoms with Crippen LogP contribution in [0.1, 0.15) is 17.4 Å². The van der Waals surface area contributed by atoms with Crippen molar-refractivity contribution in [3.8, 4) is 0 Å². The molecular formula is C12H17NO5S2. The number of thiophene rings is 1. The lowest BCUT2D eigenvalue weighted by molar-refractivity contribution is -0.131. The van der Waals surface area contributed by atoms with Gasteiger partial charge in [-0.3, -0.25) is 0 Å². The Labute approximate surface area is 122 Å². The number of rotatable bonds is 9. The first-order valence-corrected chi connectivity index (χ1v) is 8.49. The Morgan fingerprint density at radius 1 is 1.55 bits per heavy atom. The topological polar surface area (TPSA) is 92.7 Å². The van der Waals surface area contributed by atoms with E-state index in [1.54, 1.807) is 18.4 Å². The number of hydrogen-bond donors (Lipinski definition) is 2. The first-order chi connectivity index (χ1) is 9.43. The average Bonchev–Trinajstić information content (AvgIpc) is 2.82. The highest BCUT2D eigenvalue weighted by atomic mass is 32.2. The van der Waals surface area contributed by atoms with Crippen LogP contribution in [0, 0.1) is 0 Å². The summed E-state index contributed by atoms with van der Waals surface area (Å²) in [7, 11) is -3.35. The maximum atomic E-state index is 11.6. The van der Waals surface area contributed by atoms with Crippen LogP contribution in [0.4, 0.5) is 0 Å². The molecule has 8 heteroatoms. The van der Waals surface area contributed by atoms with Crippen molar-refractivity contribution in [3.05, 3.63) is 28.0 Å². The zero-order valence-corrected chi connectivity index (χ0v) is 12.7. The summed E-state index contributed by atoms with van der Waals surface area (Å²) in [6, 6.07) is 1.75. The third-order valence-electron chi connectivity index (χ3n) is 2.26. The van der Waals surface area contributed by atoms with E-state index in [0.717, 1.165) is 16.5 Å². The highest BCUT2D eigenvalue weighted by Gasteiger charge is 2.10. The van der Waals surface area contributed by atoms with E-state index >= 15 is 0 Å². The fraction of sp³-hybridized carbons (Fsp3) is 0.417. The highest BCUT2D eigenvalue weighted by Crippen LogP contribution is 2.16. The predicted molar refractivity (Wildman–Crippen MR) is 78.1 cm³/mol. The summed E-state index contributed by atoms with van der Waals surface area (Å²) in [4.78, 5) is 11.2. The Bertz CT molecular complexity index is 562. The predicted octanol–water partition coefficient (Wildman–Crippen LogP) is 1.30. The minimum Gasteiger partial charge on any atom is -0.478 e. The van der Waals surface area contributed by atoms with Crippen molar-refractivity contribution in [1.29, 1.82) is 0 Å². The SMILES string of the molecule is CCOCCS(=O)(=O)NCc1cc(C=CC(=O)O)cs1. The minimum atomic E-state index is -3.35. The molecule has 1 heterocycles.